The second kappa shape index (κ2) is 3.88. The molecule has 1 spiro atoms. The summed E-state index contributed by atoms with van der Waals surface area (Å²) in [5.41, 5.74) is 0. The molecular formula is C7F8O6. The Bertz CT molecular complexity index is 447. The van der Waals surface area contributed by atoms with Gasteiger partial charge in [0, 0.05) is 0 Å². The molecule has 0 aromatic carbocycles. The first-order chi connectivity index (χ1) is 9.22. The van der Waals surface area contributed by atoms with Crippen molar-refractivity contribution in [2.45, 2.75) is 30.1 Å². The Balaban J connectivity index is 2.20. The van der Waals surface area contributed by atoms with Gasteiger partial charge in [-0.15, -0.1) is 0 Å². The summed E-state index contributed by atoms with van der Waals surface area (Å²) < 4.78 is 112. The molecule has 2 aliphatic rings. The molecule has 0 aromatic rings. The van der Waals surface area contributed by atoms with Crippen molar-refractivity contribution in [1.29, 1.82) is 0 Å². The average molecular weight is 332 g/mol. The third kappa shape index (κ3) is 1.86. The van der Waals surface area contributed by atoms with Gasteiger partial charge in [-0.1, -0.05) is 0 Å². The van der Waals surface area contributed by atoms with E-state index < -0.39 is 42.2 Å². The van der Waals surface area contributed by atoms with Crippen molar-refractivity contribution in [3.05, 3.63) is 0 Å². The summed E-state index contributed by atoms with van der Waals surface area (Å²) in [7, 11) is 0. The summed E-state index contributed by atoms with van der Waals surface area (Å²) in [6.45, 7) is 0. The number of hydrogen-bond donors (Lipinski definition) is 0. The van der Waals surface area contributed by atoms with Crippen molar-refractivity contribution in [3.63, 3.8) is 0 Å². The molecule has 2 rings (SSSR count). The van der Waals surface area contributed by atoms with E-state index in [4.69, 9.17) is 0 Å². The van der Waals surface area contributed by atoms with Crippen LogP contribution in [0.2, 0.25) is 0 Å². The molecule has 0 N–H and O–H groups in total. The number of carbonyl (C=O) groups is 2. The van der Waals surface area contributed by atoms with Gasteiger partial charge in [-0.2, -0.15) is 35.1 Å². The van der Waals surface area contributed by atoms with E-state index in [2.05, 4.69) is 18.9 Å². The highest BCUT2D eigenvalue weighted by atomic mass is 19.4. The molecule has 2 fully saturated rings. The average Bonchev–Trinajstić information content (AvgIpc) is 2.07. The molecular weight excluding hydrogens is 332 g/mol. The van der Waals surface area contributed by atoms with Crippen LogP contribution in [0.3, 0.4) is 0 Å². The highest BCUT2D eigenvalue weighted by Crippen LogP contribution is 2.60. The van der Waals surface area contributed by atoms with Crippen LogP contribution in [-0.4, -0.2) is 42.2 Å². The van der Waals surface area contributed by atoms with Crippen molar-refractivity contribution in [2.75, 3.05) is 0 Å². The van der Waals surface area contributed by atoms with Crippen LogP contribution in [-0.2, 0) is 28.5 Å². The monoisotopic (exact) mass is 332 g/mol. The lowest BCUT2D eigenvalue weighted by Gasteiger charge is -2.59. The zero-order valence-corrected chi connectivity index (χ0v) is 8.97. The quantitative estimate of drug-likeness (QED) is 0.559. The van der Waals surface area contributed by atoms with E-state index in [1.54, 1.807) is 0 Å². The predicted molar refractivity (Wildman–Crippen MR) is 36.9 cm³/mol. The maximum absolute atomic E-state index is 12.3. The zero-order chi connectivity index (χ0) is 16.5. The Morgan fingerprint density at radius 1 is 0.667 bits per heavy atom. The predicted octanol–water partition coefficient (Wildman–Crippen LogP) is 1.20. The van der Waals surface area contributed by atoms with E-state index in [9.17, 15) is 44.7 Å². The van der Waals surface area contributed by atoms with Crippen molar-refractivity contribution >= 4 is 12.1 Å². The molecule has 0 radical (unpaired) electrons. The van der Waals surface area contributed by atoms with Crippen LogP contribution in [0.4, 0.5) is 35.1 Å². The summed E-state index contributed by atoms with van der Waals surface area (Å²) in [6.07, 6.45) is -15.4. The third-order valence-electron chi connectivity index (χ3n) is 2.34. The Kier molecular flexibility index (Phi) is 2.95. The Hall–Kier alpha value is -1.38. The molecule has 2 saturated heterocycles. The largest absolute Gasteiger partial charge is 0.455 e. The van der Waals surface area contributed by atoms with Crippen molar-refractivity contribution < 1.29 is 63.7 Å². The Morgan fingerprint density at radius 2 is 0.905 bits per heavy atom. The van der Waals surface area contributed by atoms with Crippen LogP contribution < -0.4 is 0 Å². The van der Waals surface area contributed by atoms with Crippen LogP contribution in [0.25, 0.3) is 0 Å². The Labute approximate surface area is 107 Å². The zero-order valence-electron chi connectivity index (χ0n) is 8.97. The smallest absolute Gasteiger partial charge is 0.254 e. The number of hydrogen-bond acceptors (Lipinski definition) is 6. The van der Waals surface area contributed by atoms with Crippen molar-refractivity contribution in [2.24, 2.45) is 0 Å². The minimum absolute atomic E-state index is 3.27. The minimum atomic E-state index is -5.84. The molecule has 120 valence electrons. The molecule has 0 amide bonds. The first kappa shape index (κ1) is 16.0. The molecule has 6 nitrogen and oxygen atoms in total. The SMILES string of the molecule is O=C(F)C1(C(F)(F)F)OC2(O1)OC(C(=O)F)(C(F)(F)F)O2. The van der Waals surface area contributed by atoms with E-state index in [0.717, 1.165) is 0 Å². The van der Waals surface area contributed by atoms with Gasteiger partial charge in [-0.3, -0.25) is 28.5 Å². The molecule has 0 bridgehead atoms. The van der Waals surface area contributed by atoms with Crippen LogP contribution in [0, 0.1) is 0 Å². The first-order valence-corrected chi connectivity index (χ1v) is 4.55. The highest BCUT2D eigenvalue weighted by Gasteiger charge is 2.90. The fraction of sp³-hybridized carbons (Fsp3) is 0.714. The second-order valence-electron chi connectivity index (χ2n) is 3.68. The maximum Gasteiger partial charge on any atom is 0.455 e. The van der Waals surface area contributed by atoms with Gasteiger partial charge in [0.15, 0.2) is 0 Å². The normalized spacial score (nSPS) is 39.6. The summed E-state index contributed by atoms with van der Waals surface area (Å²) >= 11 is 0. The molecule has 21 heavy (non-hydrogen) atoms. The molecule has 2 aliphatic heterocycles. The van der Waals surface area contributed by atoms with Crippen LogP contribution in [0.1, 0.15) is 0 Å². The van der Waals surface area contributed by atoms with Crippen LogP contribution >= 0.6 is 0 Å². The topological polar surface area (TPSA) is 71.1 Å². The lowest BCUT2D eigenvalue weighted by molar-refractivity contribution is -0.776. The van der Waals surface area contributed by atoms with Gasteiger partial charge < -0.3 is 0 Å². The number of alkyl halides is 6. The van der Waals surface area contributed by atoms with Gasteiger partial charge in [0.05, 0.1) is 0 Å². The lowest BCUT2D eigenvalue weighted by atomic mass is 10.2. The molecule has 14 heteroatoms. The molecule has 2 heterocycles. The van der Waals surface area contributed by atoms with Gasteiger partial charge >= 0.3 is 42.2 Å². The minimum Gasteiger partial charge on any atom is -0.254 e. The van der Waals surface area contributed by atoms with Crippen molar-refractivity contribution in [3.8, 4) is 0 Å². The van der Waals surface area contributed by atoms with Crippen LogP contribution in [0.15, 0.2) is 0 Å². The fourth-order valence-electron chi connectivity index (χ4n) is 1.42. The third-order valence-corrected chi connectivity index (χ3v) is 2.34. The lowest BCUT2D eigenvalue weighted by Crippen LogP contribution is -2.85. The Morgan fingerprint density at radius 3 is 1.05 bits per heavy atom. The molecule has 0 saturated carbocycles. The highest BCUT2D eigenvalue weighted by molar-refractivity contribution is 5.80. The summed E-state index contributed by atoms with van der Waals surface area (Å²) in [5, 5.41) is 0. The van der Waals surface area contributed by atoms with Crippen molar-refractivity contribution in [1.82, 2.24) is 0 Å². The second-order valence-corrected chi connectivity index (χ2v) is 3.68. The number of halogens is 8. The van der Waals surface area contributed by atoms with E-state index in [0.29, 0.717) is 0 Å². The molecule has 0 atom stereocenters. The van der Waals surface area contributed by atoms with E-state index in [-0.39, 0.29) is 0 Å². The summed E-state index contributed by atoms with van der Waals surface area (Å²) in [4.78, 5) is 20.4. The van der Waals surface area contributed by atoms with Gasteiger partial charge in [0.2, 0.25) is 0 Å². The van der Waals surface area contributed by atoms with Gasteiger partial charge in [0.1, 0.15) is 0 Å². The van der Waals surface area contributed by atoms with Gasteiger partial charge in [-0.05, 0) is 0 Å². The van der Waals surface area contributed by atoms with Gasteiger partial charge in [-0.25, -0.2) is 0 Å². The summed E-state index contributed by atoms with van der Waals surface area (Å²) in [5.74, 6) is -9.16. The van der Waals surface area contributed by atoms with E-state index >= 15 is 0 Å². The molecule has 0 aliphatic carbocycles. The number of carbonyl (C=O) groups excluding carboxylic acids is 2. The molecule has 0 aromatic heterocycles. The summed E-state index contributed by atoms with van der Waals surface area (Å²) in [6, 6.07) is -6.55. The van der Waals surface area contributed by atoms with E-state index in [1.165, 1.54) is 0 Å². The fourth-order valence-corrected chi connectivity index (χ4v) is 1.42. The number of ether oxygens (including phenoxy) is 4. The first-order valence-electron chi connectivity index (χ1n) is 4.55. The number of rotatable bonds is 2. The van der Waals surface area contributed by atoms with E-state index in [1.807, 2.05) is 0 Å². The standard InChI is InChI=1S/C7F8O6/c8-1(16)3(5(10,11)12)18-7(19-3)20-4(21-7,2(9)17)6(13,14)15. The van der Waals surface area contributed by atoms with Crippen LogP contribution in [0.5, 0.6) is 0 Å². The van der Waals surface area contributed by atoms with Gasteiger partial charge in [0.25, 0.3) is 0 Å². The molecule has 0 unspecified atom stereocenters. The maximum atomic E-state index is 12.3.